The standard InChI is InChI=1S/C22H27NO5/c1-16-5-9-20(10-6-16)28-15-21(24)23(13-17(2)22(25)27-4)14-18-7-11-19(26-3)12-8-18/h5-12,17H,13-15H2,1-4H3. The van der Waals surface area contributed by atoms with Gasteiger partial charge in [0.05, 0.1) is 20.1 Å². The molecule has 6 heteroatoms. The van der Waals surface area contributed by atoms with Gasteiger partial charge in [0, 0.05) is 13.1 Å². The Labute approximate surface area is 166 Å². The molecule has 0 bridgehead atoms. The van der Waals surface area contributed by atoms with Gasteiger partial charge in [-0.15, -0.1) is 0 Å². The molecule has 2 rings (SSSR count). The second-order valence-corrected chi connectivity index (χ2v) is 6.65. The van der Waals surface area contributed by atoms with Gasteiger partial charge in [0.1, 0.15) is 11.5 Å². The summed E-state index contributed by atoms with van der Waals surface area (Å²) in [6, 6.07) is 15.0. The third-order valence-electron chi connectivity index (χ3n) is 4.37. The highest BCUT2D eigenvalue weighted by molar-refractivity contribution is 5.79. The number of carbonyl (C=O) groups is 2. The summed E-state index contributed by atoms with van der Waals surface area (Å²) in [6.45, 7) is 4.23. The lowest BCUT2D eigenvalue weighted by molar-refractivity contribution is -0.147. The van der Waals surface area contributed by atoms with Crippen molar-refractivity contribution in [2.24, 2.45) is 5.92 Å². The fourth-order valence-electron chi connectivity index (χ4n) is 2.68. The van der Waals surface area contributed by atoms with Gasteiger partial charge in [0.25, 0.3) is 5.91 Å². The van der Waals surface area contributed by atoms with Gasteiger partial charge in [-0.25, -0.2) is 0 Å². The zero-order chi connectivity index (χ0) is 20.5. The second-order valence-electron chi connectivity index (χ2n) is 6.65. The van der Waals surface area contributed by atoms with Crippen LogP contribution in [0.4, 0.5) is 0 Å². The van der Waals surface area contributed by atoms with Gasteiger partial charge in [-0.05, 0) is 36.8 Å². The number of ether oxygens (including phenoxy) is 3. The van der Waals surface area contributed by atoms with Crippen LogP contribution < -0.4 is 9.47 Å². The van der Waals surface area contributed by atoms with Crippen LogP contribution in [-0.2, 0) is 20.9 Å². The first-order valence-corrected chi connectivity index (χ1v) is 9.11. The molecular formula is C22H27NO5. The lowest BCUT2D eigenvalue weighted by atomic mass is 10.1. The summed E-state index contributed by atoms with van der Waals surface area (Å²) in [5.74, 6) is 0.377. The molecular weight excluding hydrogens is 358 g/mol. The molecule has 0 spiro atoms. The first-order valence-electron chi connectivity index (χ1n) is 9.11. The van der Waals surface area contributed by atoms with Gasteiger partial charge in [-0.3, -0.25) is 9.59 Å². The van der Waals surface area contributed by atoms with Crippen LogP contribution in [0.3, 0.4) is 0 Å². The Balaban J connectivity index is 2.07. The highest BCUT2D eigenvalue weighted by Gasteiger charge is 2.22. The van der Waals surface area contributed by atoms with Crippen LogP contribution in [-0.4, -0.2) is 44.1 Å². The van der Waals surface area contributed by atoms with Gasteiger partial charge in [-0.1, -0.05) is 36.8 Å². The summed E-state index contributed by atoms with van der Waals surface area (Å²) in [5.41, 5.74) is 2.05. The van der Waals surface area contributed by atoms with Crippen LogP contribution in [0.2, 0.25) is 0 Å². The summed E-state index contributed by atoms with van der Waals surface area (Å²) in [7, 11) is 2.94. The Morgan fingerprint density at radius 2 is 1.57 bits per heavy atom. The summed E-state index contributed by atoms with van der Waals surface area (Å²) < 4.78 is 15.6. The number of hydrogen-bond acceptors (Lipinski definition) is 5. The predicted molar refractivity (Wildman–Crippen MR) is 106 cm³/mol. The number of esters is 1. The predicted octanol–water partition coefficient (Wildman–Crippen LogP) is 3.22. The largest absolute Gasteiger partial charge is 0.497 e. The molecule has 0 heterocycles. The SMILES string of the molecule is COC(=O)C(C)CN(Cc1ccc(OC)cc1)C(=O)COc1ccc(C)cc1. The minimum Gasteiger partial charge on any atom is -0.497 e. The Bertz CT molecular complexity index is 771. The van der Waals surface area contributed by atoms with E-state index in [2.05, 4.69) is 0 Å². The fourth-order valence-corrected chi connectivity index (χ4v) is 2.68. The average molecular weight is 385 g/mol. The van der Waals surface area contributed by atoms with Crippen LogP contribution >= 0.6 is 0 Å². The van der Waals surface area contributed by atoms with Crippen molar-refractivity contribution in [2.75, 3.05) is 27.4 Å². The third-order valence-corrected chi connectivity index (χ3v) is 4.37. The fraction of sp³-hybridized carbons (Fsp3) is 0.364. The maximum atomic E-state index is 12.8. The lowest BCUT2D eigenvalue weighted by Gasteiger charge is -2.25. The smallest absolute Gasteiger partial charge is 0.310 e. The Kier molecular flexibility index (Phi) is 7.87. The van der Waals surface area contributed by atoms with Gasteiger partial charge in [-0.2, -0.15) is 0 Å². The molecule has 28 heavy (non-hydrogen) atoms. The van der Waals surface area contributed by atoms with Crippen molar-refractivity contribution in [1.29, 1.82) is 0 Å². The highest BCUT2D eigenvalue weighted by Crippen LogP contribution is 2.16. The van der Waals surface area contributed by atoms with E-state index in [1.165, 1.54) is 7.11 Å². The third kappa shape index (κ3) is 6.30. The van der Waals surface area contributed by atoms with E-state index in [4.69, 9.17) is 14.2 Å². The van der Waals surface area contributed by atoms with E-state index in [-0.39, 0.29) is 25.0 Å². The van der Waals surface area contributed by atoms with Crippen molar-refractivity contribution < 1.29 is 23.8 Å². The number of benzene rings is 2. The molecule has 6 nitrogen and oxygen atoms in total. The lowest BCUT2D eigenvalue weighted by Crippen LogP contribution is -2.39. The minimum absolute atomic E-state index is 0.104. The minimum atomic E-state index is -0.438. The summed E-state index contributed by atoms with van der Waals surface area (Å²) >= 11 is 0. The first kappa shape index (κ1) is 21.3. The quantitative estimate of drug-likeness (QED) is 0.620. The average Bonchev–Trinajstić information content (AvgIpc) is 2.72. The maximum Gasteiger partial charge on any atom is 0.310 e. The molecule has 0 aliphatic carbocycles. The Morgan fingerprint density at radius 3 is 2.14 bits per heavy atom. The molecule has 150 valence electrons. The van der Waals surface area contributed by atoms with E-state index < -0.39 is 5.92 Å². The molecule has 0 radical (unpaired) electrons. The van der Waals surface area contributed by atoms with E-state index in [1.54, 1.807) is 18.9 Å². The molecule has 1 atom stereocenters. The molecule has 1 amide bonds. The number of hydrogen-bond donors (Lipinski definition) is 0. The van der Waals surface area contributed by atoms with Gasteiger partial charge in [0.15, 0.2) is 6.61 Å². The van der Waals surface area contributed by atoms with Crippen molar-refractivity contribution in [2.45, 2.75) is 20.4 Å². The number of amides is 1. The normalized spacial score (nSPS) is 11.4. The van der Waals surface area contributed by atoms with Crippen molar-refractivity contribution in [1.82, 2.24) is 4.90 Å². The molecule has 0 N–H and O–H groups in total. The molecule has 0 saturated carbocycles. The molecule has 1 unspecified atom stereocenters. The van der Waals surface area contributed by atoms with Crippen LogP contribution in [0.5, 0.6) is 11.5 Å². The van der Waals surface area contributed by atoms with E-state index in [1.807, 2.05) is 55.5 Å². The van der Waals surface area contributed by atoms with Crippen molar-refractivity contribution >= 4 is 11.9 Å². The Morgan fingerprint density at radius 1 is 0.964 bits per heavy atom. The highest BCUT2D eigenvalue weighted by atomic mass is 16.5. The summed E-state index contributed by atoms with van der Waals surface area (Å²) in [4.78, 5) is 26.2. The van der Waals surface area contributed by atoms with Crippen molar-refractivity contribution in [3.05, 3.63) is 59.7 Å². The zero-order valence-corrected chi connectivity index (χ0v) is 16.8. The summed E-state index contributed by atoms with van der Waals surface area (Å²) in [6.07, 6.45) is 0. The summed E-state index contributed by atoms with van der Waals surface area (Å²) in [5, 5.41) is 0. The topological polar surface area (TPSA) is 65.1 Å². The number of rotatable bonds is 9. The van der Waals surface area contributed by atoms with E-state index >= 15 is 0 Å². The van der Waals surface area contributed by atoms with Crippen molar-refractivity contribution in [3.63, 3.8) is 0 Å². The van der Waals surface area contributed by atoms with E-state index in [0.717, 1.165) is 16.9 Å². The number of nitrogens with zero attached hydrogens (tertiary/aromatic N) is 1. The number of carbonyl (C=O) groups excluding carboxylic acids is 2. The van der Waals surface area contributed by atoms with Gasteiger partial charge < -0.3 is 19.1 Å². The molecule has 0 saturated heterocycles. The van der Waals surface area contributed by atoms with E-state index in [9.17, 15) is 9.59 Å². The molecule has 2 aromatic carbocycles. The van der Waals surface area contributed by atoms with E-state index in [0.29, 0.717) is 12.3 Å². The molecule has 0 aliphatic rings. The first-order chi connectivity index (χ1) is 13.4. The second kappa shape index (κ2) is 10.3. The van der Waals surface area contributed by atoms with Gasteiger partial charge >= 0.3 is 5.97 Å². The van der Waals surface area contributed by atoms with Crippen molar-refractivity contribution in [3.8, 4) is 11.5 Å². The molecule has 0 fully saturated rings. The van der Waals surface area contributed by atoms with Crippen LogP contribution in [0, 0.1) is 12.8 Å². The monoisotopic (exact) mass is 385 g/mol. The Hall–Kier alpha value is -3.02. The molecule has 0 aromatic heterocycles. The maximum absolute atomic E-state index is 12.8. The number of aryl methyl sites for hydroxylation is 1. The van der Waals surface area contributed by atoms with Crippen LogP contribution in [0.1, 0.15) is 18.1 Å². The number of methoxy groups -OCH3 is 2. The van der Waals surface area contributed by atoms with Crippen LogP contribution in [0.25, 0.3) is 0 Å². The van der Waals surface area contributed by atoms with Gasteiger partial charge in [0.2, 0.25) is 0 Å². The van der Waals surface area contributed by atoms with Crippen LogP contribution in [0.15, 0.2) is 48.5 Å². The zero-order valence-electron chi connectivity index (χ0n) is 16.8. The molecule has 0 aliphatic heterocycles. The molecule has 2 aromatic rings.